The molecule has 0 amide bonds. The molecule has 0 aromatic carbocycles. The quantitative estimate of drug-likeness (QED) is 0.472. The van der Waals surface area contributed by atoms with Crippen molar-refractivity contribution in [3.05, 3.63) is 22.8 Å². The van der Waals surface area contributed by atoms with Crippen LogP contribution in [-0.4, -0.2) is 50.8 Å². The van der Waals surface area contributed by atoms with Gasteiger partial charge in [-0.25, -0.2) is 0 Å². The third kappa shape index (κ3) is 3.75. The highest BCUT2D eigenvalue weighted by Crippen LogP contribution is 2.71. The molecule has 0 unspecified atom stereocenters. The fourth-order valence-electron chi connectivity index (χ4n) is 8.77. The van der Waals surface area contributed by atoms with E-state index in [9.17, 15) is 29.4 Å². The molecule has 0 aromatic rings. The largest absolute Gasteiger partial charge is 0.481 e. The maximum absolute atomic E-state index is 14.0. The number of aliphatic hydroxyl groups is 2. The van der Waals surface area contributed by atoms with Crippen molar-refractivity contribution in [3.8, 4) is 0 Å². The van der Waals surface area contributed by atoms with Gasteiger partial charge in [-0.1, -0.05) is 47.1 Å². The van der Waals surface area contributed by atoms with E-state index in [2.05, 4.69) is 6.92 Å². The molecule has 4 rings (SSSR count). The van der Waals surface area contributed by atoms with Crippen molar-refractivity contribution < 1.29 is 34.5 Å². The zero-order chi connectivity index (χ0) is 27.9. The van der Waals surface area contributed by atoms with Crippen LogP contribution in [0.4, 0.5) is 0 Å². The Balaban J connectivity index is 1.80. The zero-order valence-electron chi connectivity index (χ0n) is 23.2. The van der Waals surface area contributed by atoms with Crippen LogP contribution in [0.25, 0.3) is 0 Å². The van der Waals surface area contributed by atoms with Crippen LogP contribution in [0.3, 0.4) is 0 Å². The molecule has 204 valence electrons. The van der Waals surface area contributed by atoms with E-state index in [1.807, 2.05) is 34.6 Å². The highest BCUT2D eigenvalue weighted by Gasteiger charge is 2.69. The van der Waals surface area contributed by atoms with Gasteiger partial charge < -0.3 is 15.3 Å². The fourth-order valence-corrected chi connectivity index (χ4v) is 8.77. The summed E-state index contributed by atoms with van der Waals surface area (Å²) in [5, 5.41) is 32.4. The van der Waals surface area contributed by atoms with Crippen molar-refractivity contribution in [2.45, 2.75) is 99.2 Å². The molecule has 0 aromatic heterocycles. The highest BCUT2D eigenvalue weighted by molar-refractivity contribution is 6.01. The summed E-state index contributed by atoms with van der Waals surface area (Å²) in [6, 6.07) is 0. The van der Waals surface area contributed by atoms with Gasteiger partial charge in [0, 0.05) is 41.1 Å². The van der Waals surface area contributed by atoms with Gasteiger partial charge in [-0.3, -0.25) is 19.2 Å². The molecule has 8 atom stereocenters. The topological polar surface area (TPSA) is 129 Å². The average molecular weight is 515 g/mol. The number of hydrogen-bond acceptors (Lipinski definition) is 6. The molecular weight excluding hydrogens is 472 g/mol. The number of Topliss-reactive ketones (excluding diaryl/α,β-unsaturated/α-hetero) is 2. The van der Waals surface area contributed by atoms with Crippen molar-refractivity contribution in [2.24, 2.45) is 39.4 Å². The molecule has 0 aliphatic heterocycles. The Morgan fingerprint density at radius 3 is 2.30 bits per heavy atom. The second-order valence-electron chi connectivity index (χ2n) is 13.5. The number of carboxylic acids is 1. The highest BCUT2D eigenvalue weighted by atomic mass is 16.4. The van der Waals surface area contributed by atoms with Gasteiger partial charge in [0.25, 0.3) is 0 Å². The Morgan fingerprint density at radius 2 is 1.70 bits per heavy atom. The number of ketones is 3. The number of rotatable bonds is 5. The van der Waals surface area contributed by atoms with E-state index in [4.69, 9.17) is 5.11 Å². The lowest BCUT2D eigenvalue weighted by molar-refractivity contribution is -0.145. The smallest absolute Gasteiger partial charge is 0.306 e. The predicted molar refractivity (Wildman–Crippen MR) is 137 cm³/mol. The Labute approximate surface area is 219 Å². The Morgan fingerprint density at radius 1 is 1.08 bits per heavy atom. The number of fused-ring (bicyclic) bond motifs is 4. The number of allylic oxidation sites excluding steroid dienone is 3. The van der Waals surface area contributed by atoms with Crippen molar-refractivity contribution in [1.29, 1.82) is 0 Å². The third-order valence-electron chi connectivity index (χ3n) is 11.2. The normalized spacial score (nSPS) is 42.1. The van der Waals surface area contributed by atoms with Crippen molar-refractivity contribution in [3.63, 3.8) is 0 Å². The summed E-state index contributed by atoms with van der Waals surface area (Å²) in [7, 11) is 0. The first-order valence-corrected chi connectivity index (χ1v) is 13.5. The number of aliphatic hydroxyl groups excluding tert-OH is 2. The Hall–Kier alpha value is -2.12. The Bertz CT molecular complexity index is 1130. The molecule has 0 bridgehead atoms. The number of carbonyl (C=O) groups is 4. The summed E-state index contributed by atoms with van der Waals surface area (Å²) in [4.78, 5) is 50.7. The lowest BCUT2D eigenvalue weighted by atomic mass is 9.42. The Kier molecular flexibility index (Phi) is 6.56. The molecule has 0 saturated heterocycles. The lowest BCUT2D eigenvalue weighted by Gasteiger charge is -2.61. The summed E-state index contributed by atoms with van der Waals surface area (Å²) in [5.41, 5.74) is -0.855. The molecule has 3 N–H and O–H groups in total. The van der Waals surface area contributed by atoms with Gasteiger partial charge in [-0.05, 0) is 55.1 Å². The molecule has 7 nitrogen and oxygen atoms in total. The maximum Gasteiger partial charge on any atom is 0.306 e. The number of carbonyl (C=O) groups excluding carboxylic acids is 3. The van der Waals surface area contributed by atoms with Gasteiger partial charge >= 0.3 is 5.97 Å². The third-order valence-corrected chi connectivity index (χ3v) is 11.2. The van der Waals surface area contributed by atoms with Crippen LogP contribution in [0, 0.1) is 39.4 Å². The average Bonchev–Trinajstić information content (AvgIpc) is 2.99. The first kappa shape index (κ1) is 27.9. The van der Waals surface area contributed by atoms with Crippen LogP contribution in [-0.2, 0) is 19.2 Å². The second-order valence-corrected chi connectivity index (χ2v) is 13.5. The van der Waals surface area contributed by atoms with E-state index in [0.717, 1.165) is 5.57 Å². The van der Waals surface area contributed by atoms with Gasteiger partial charge in [0.15, 0.2) is 11.6 Å². The molecule has 0 radical (unpaired) electrons. The molecule has 2 fully saturated rings. The van der Waals surface area contributed by atoms with Crippen LogP contribution in [0.2, 0.25) is 0 Å². The van der Waals surface area contributed by atoms with E-state index in [1.54, 1.807) is 0 Å². The first-order chi connectivity index (χ1) is 16.9. The summed E-state index contributed by atoms with van der Waals surface area (Å²) in [6.07, 6.45) is 1.42. The van der Waals surface area contributed by atoms with E-state index >= 15 is 0 Å². The minimum atomic E-state index is -1.03. The van der Waals surface area contributed by atoms with E-state index in [-0.39, 0.29) is 42.0 Å². The van der Waals surface area contributed by atoms with Crippen molar-refractivity contribution >= 4 is 23.3 Å². The minimum Gasteiger partial charge on any atom is -0.481 e. The molecule has 37 heavy (non-hydrogen) atoms. The second kappa shape index (κ2) is 8.70. The van der Waals surface area contributed by atoms with Crippen LogP contribution in [0.1, 0.15) is 87.0 Å². The van der Waals surface area contributed by atoms with Crippen molar-refractivity contribution in [1.82, 2.24) is 0 Å². The minimum absolute atomic E-state index is 0.0379. The summed E-state index contributed by atoms with van der Waals surface area (Å²) < 4.78 is 0. The van der Waals surface area contributed by atoms with Crippen LogP contribution in [0.15, 0.2) is 22.8 Å². The molecule has 0 heterocycles. The number of carboxylic acid groups (broad SMARTS) is 1. The molecule has 2 saturated carbocycles. The standard InChI is InChI=1S/C30H42O7/c1-15(10-17(31)11-16(2)26(36)37)18-12-23(35)30(7)25-19(32)13-21-27(3,4)22(34)8-9-28(21,5)24(25)20(33)14-29(18,30)6/h10,16,18-19,21,23,32,35H,8-9,11-14H2,1-7H3,(H,36,37)/t16-,18-,19+,21-,23+,28+,29-,30+/m1/s1. The predicted octanol–water partition coefficient (Wildman–Crippen LogP) is 4.05. The van der Waals surface area contributed by atoms with Crippen LogP contribution < -0.4 is 0 Å². The lowest BCUT2D eigenvalue weighted by Crippen LogP contribution is -2.60. The molecular formula is C30H42O7. The number of aliphatic carboxylic acids is 1. The summed E-state index contributed by atoms with van der Waals surface area (Å²) in [6.45, 7) is 13.1. The SMILES string of the molecule is CC(=CC(=O)C[C@@H](C)C(=O)O)[C@H]1C[C@H](O)[C@@]2(C)C3=C(C(=O)C[C@]12C)[C@@]1(C)CCC(=O)C(C)(C)[C@H]1C[C@@H]3O. The van der Waals surface area contributed by atoms with Crippen LogP contribution >= 0.6 is 0 Å². The molecule has 4 aliphatic rings. The fraction of sp³-hybridized carbons (Fsp3) is 0.733. The molecule has 0 spiro atoms. The summed E-state index contributed by atoms with van der Waals surface area (Å²) in [5.74, 6) is -2.44. The van der Waals surface area contributed by atoms with Gasteiger partial charge in [0.05, 0.1) is 18.1 Å². The van der Waals surface area contributed by atoms with E-state index in [0.29, 0.717) is 36.8 Å². The summed E-state index contributed by atoms with van der Waals surface area (Å²) >= 11 is 0. The zero-order valence-corrected chi connectivity index (χ0v) is 23.2. The van der Waals surface area contributed by atoms with Gasteiger partial charge in [-0.2, -0.15) is 0 Å². The van der Waals surface area contributed by atoms with Gasteiger partial charge in [0.1, 0.15) is 5.78 Å². The monoisotopic (exact) mass is 514 g/mol. The van der Waals surface area contributed by atoms with E-state index in [1.165, 1.54) is 13.0 Å². The first-order valence-electron chi connectivity index (χ1n) is 13.5. The number of hydrogen-bond donors (Lipinski definition) is 3. The maximum atomic E-state index is 14.0. The van der Waals surface area contributed by atoms with Crippen LogP contribution in [0.5, 0.6) is 0 Å². The van der Waals surface area contributed by atoms with Gasteiger partial charge in [-0.15, -0.1) is 0 Å². The van der Waals surface area contributed by atoms with E-state index < -0.39 is 45.8 Å². The van der Waals surface area contributed by atoms with Gasteiger partial charge in [0.2, 0.25) is 0 Å². The van der Waals surface area contributed by atoms with Crippen molar-refractivity contribution in [2.75, 3.05) is 0 Å². The molecule has 7 heteroatoms. The molecule has 4 aliphatic carbocycles.